The molecule has 0 bridgehead atoms. The van der Waals surface area contributed by atoms with E-state index in [1.165, 1.54) is 289 Å². The Kier molecular flexibility index (Phi) is 78.5. The average Bonchev–Trinajstić information content (AvgIpc) is 0.898. The maximum atomic E-state index is 13.2. The van der Waals surface area contributed by atoms with Crippen molar-refractivity contribution in [3.8, 4) is 0 Å². The predicted molar refractivity (Wildman–Crippen MR) is 451 cm³/mol. The van der Waals surface area contributed by atoms with Crippen LogP contribution in [0.5, 0.6) is 0 Å². The Balaban J connectivity index is 5.24. The second kappa shape index (κ2) is 79.9. The molecule has 19 heteroatoms. The van der Waals surface area contributed by atoms with Crippen molar-refractivity contribution in [2.45, 2.75) is 497 Å². The van der Waals surface area contributed by atoms with E-state index in [0.29, 0.717) is 25.7 Å². The molecule has 5 atom stereocenters. The number of hydrogen-bond donors (Lipinski definition) is 3. The van der Waals surface area contributed by atoms with E-state index in [4.69, 9.17) is 37.0 Å². The molecule has 2 unspecified atom stereocenters. The summed E-state index contributed by atoms with van der Waals surface area (Å²) in [4.78, 5) is 73.4. The fourth-order valence-corrected chi connectivity index (χ4v) is 15.7. The van der Waals surface area contributed by atoms with E-state index in [-0.39, 0.29) is 25.7 Å². The van der Waals surface area contributed by atoms with Crippen LogP contribution in [-0.2, 0) is 65.4 Å². The van der Waals surface area contributed by atoms with E-state index in [1.54, 1.807) is 0 Å². The van der Waals surface area contributed by atoms with Gasteiger partial charge in [-0.2, -0.15) is 0 Å². The number of carbonyl (C=O) groups is 4. The summed E-state index contributed by atoms with van der Waals surface area (Å²) in [6.07, 6.45) is 72.2. The zero-order valence-corrected chi connectivity index (χ0v) is 73.8. The lowest BCUT2D eigenvalue weighted by molar-refractivity contribution is -0.161. The number of aliphatic hydroxyl groups excluding tert-OH is 1. The summed E-state index contributed by atoms with van der Waals surface area (Å²) in [6, 6.07) is 0. The first-order chi connectivity index (χ1) is 52.7. The Labute approximate surface area is 670 Å². The number of unbranched alkanes of at least 4 members (excludes halogenated alkanes) is 56. The van der Waals surface area contributed by atoms with Crippen LogP contribution in [0.4, 0.5) is 0 Å². The van der Waals surface area contributed by atoms with Crippen LogP contribution >= 0.6 is 15.6 Å². The lowest BCUT2D eigenvalue weighted by atomic mass is 10.0. The van der Waals surface area contributed by atoms with Crippen molar-refractivity contribution in [2.24, 2.45) is 17.8 Å². The second-order valence-corrected chi connectivity index (χ2v) is 36.7. The van der Waals surface area contributed by atoms with Crippen LogP contribution in [0.1, 0.15) is 479 Å². The Morgan fingerprint density at radius 1 is 0.248 bits per heavy atom. The van der Waals surface area contributed by atoms with Crippen molar-refractivity contribution in [3.05, 3.63) is 0 Å². The first-order valence-electron chi connectivity index (χ1n) is 46.3. The number of rotatable bonds is 88. The van der Waals surface area contributed by atoms with E-state index < -0.39 is 97.5 Å². The van der Waals surface area contributed by atoms with Crippen LogP contribution in [0.3, 0.4) is 0 Å². The topological polar surface area (TPSA) is 237 Å². The number of hydrogen-bond acceptors (Lipinski definition) is 15. The van der Waals surface area contributed by atoms with Gasteiger partial charge >= 0.3 is 39.5 Å². The smallest absolute Gasteiger partial charge is 0.462 e. The summed E-state index contributed by atoms with van der Waals surface area (Å²) in [5.41, 5.74) is 0. The van der Waals surface area contributed by atoms with Crippen molar-refractivity contribution in [1.82, 2.24) is 0 Å². The molecule has 0 heterocycles. The highest BCUT2D eigenvalue weighted by Crippen LogP contribution is 2.45. The molecule has 0 aliphatic carbocycles. The van der Waals surface area contributed by atoms with Gasteiger partial charge in [-0.1, -0.05) is 427 Å². The summed E-state index contributed by atoms with van der Waals surface area (Å²) in [6.45, 7) is 12.1. The zero-order valence-electron chi connectivity index (χ0n) is 72.0. The first-order valence-corrected chi connectivity index (χ1v) is 49.3. The van der Waals surface area contributed by atoms with E-state index in [2.05, 4.69) is 48.5 Å². The summed E-state index contributed by atoms with van der Waals surface area (Å²) in [7, 11) is -9.93. The third-order valence-electron chi connectivity index (χ3n) is 21.1. The van der Waals surface area contributed by atoms with Crippen molar-refractivity contribution in [2.75, 3.05) is 39.6 Å². The SMILES string of the molecule is CCCCCCCCCCCCCCCCC(=O)O[C@H](COC(=O)CCCCCCCCCCCCC(C)C)COP(=O)(O)OC[C@H](O)COP(=O)(O)OC[C@@H](COC(=O)CCCCCCCCCCCCCCCCCCCCC(C)C)OC(=O)CCCCCCCCCCCCCCCCCCCCC(C)C. The fourth-order valence-electron chi connectivity index (χ4n) is 14.1. The molecule has 3 N–H and O–H groups in total. The number of phosphoric ester groups is 2. The minimum Gasteiger partial charge on any atom is -0.462 e. The summed E-state index contributed by atoms with van der Waals surface area (Å²) < 4.78 is 69.0. The van der Waals surface area contributed by atoms with E-state index >= 15 is 0 Å². The molecular weight excluding hydrogens is 1410 g/mol. The Morgan fingerprint density at radius 2 is 0.422 bits per heavy atom. The van der Waals surface area contributed by atoms with Gasteiger partial charge < -0.3 is 33.8 Å². The molecule has 0 saturated heterocycles. The molecule has 0 saturated carbocycles. The highest BCUT2D eigenvalue weighted by molar-refractivity contribution is 7.47. The molecule has 0 rings (SSSR count). The summed E-state index contributed by atoms with van der Waals surface area (Å²) in [5.74, 6) is 0.304. The third-order valence-corrected chi connectivity index (χ3v) is 23.0. The van der Waals surface area contributed by atoms with Gasteiger partial charge in [0.05, 0.1) is 26.4 Å². The lowest BCUT2D eigenvalue weighted by Crippen LogP contribution is -2.30. The quantitative estimate of drug-likeness (QED) is 0.0222. The van der Waals surface area contributed by atoms with Crippen LogP contribution in [0.25, 0.3) is 0 Å². The predicted octanol–water partition coefficient (Wildman–Crippen LogP) is 27.6. The van der Waals surface area contributed by atoms with Crippen molar-refractivity contribution in [1.29, 1.82) is 0 Å². The van der Waals surface area contributed by atoms with Gasteiger partial charge in [-0.25, -0.2) is 9.13 Å². The van der Waals surface area contributed by atoms with Crippen molar-refractivity contribution < 1.29 is 80.2 Å². The minimum atomic E-state index is -4.97. The monoisotopic (exact) mass is 1590 g/mol. The van der Waals surface area contributed by atoms with E-state index in [1.807, 2.05) is 0 Å². The molecule has 0 aromatic carbocycles. The molecule has 0 aromatic heterocycles. The Bertz CT molecular complexity index is 2100. The van der Waals surface area contributed by atoms with Crippen LogP contribution in [0.15, 0.2) is 0 Å². The Hall–Kier alpha value is -1.94. The molecule has 109 heavy (non-hydrogen) atoms. The number of phosphoric acid groups is 2. The van der Waals surface area contributed by atoms with Gasteiger partial charge in [-0.05, 0) is 43.4 Å². The van der Waals surface area contributed by atoms with Crippen molar-refractivity contribution >= 4 is 39.5 Å². The van der Waals surface area contributed by atoms with Gasteiger partial charge in [0.2, 0.25) is 0 Å². The third kappa shape index (κ3) is 83.8. The largest absolute Gasteiger partial charge is 0.472 e. The number of carbonyl (C=O) groups excluding carboxylic acids is 4. The zero-order chi connectivity index (χ0) is 80.0. The first kappa shape index (κ1) is 107. The molecular formula is C90H176O17P2. The van der Waals surface area contributed by atoms with E-state index in [0.717, 1.165) is 108 Å². The standard InChI is InChI=1S/C90H176O17P2/c1-8-9-10-11-12-13-14-15-30-36-45-52-59-66-73-89(94)107-86(78-101-88(93)72-65-58-51-44-39-38-42-49-56-63-70-83(6)7)80-105-109(98,99)103-76-84(91)75-102-108(96,97)104-79-85(106-90(95)74-67-60-53-46-37-32-27-23-19-17-21-25-29-34-41-48-55-62-69-82(4)5)77-100-87(92)71-64-57-50-43-35-31-26-22-18-16-20-24-28-33-40-47-54-61-68-81(2)3/h81-86,91H,8-80H2,1-7H3,(H,96,97)(H,98,99)/t84-,85-,86-/m1/s1. The number of ether oxygens (including phenoxy) is 4. The molecule has 0 amide bonds. The van der Waals surface area contributed by atoms with Crippen LogP contribution in [0.2, 0.25) is 0 Å². The fraction of sp³-hybridized carbons (Fsp3) is 0.956. The highest BCUT2D eigenvalue weighted by atomic mass is 31.2. The van der Waals surface area contributed by atoms with Gasteiger partial charge in [0.25, 0.3) is 0 Å². The molecule has 0 spiro atoms. The number of esters is 4. The minimum absolute atomic E-state index is 0.108. The normalized spacial score (nSPS) is 13.8. The van der Waals surface area contributed by atoms with Crippen LogP contribution in [-0.4, -0.2) is 96.7 Å². The molecule has 0 fully saturated rings. The second-order valence-electron chi connectivity index (χ2n) is 33.8. The Morgan fingerprint density at radius 3 is 0.624 bits per heavy atom. The molecule has 648 valence electrons. The maximum absolute atomic E-state index is 13.2. The molecule has 0 radical (unpaired) electrons. The molecule has 17 nitrogen and oxygen atoms in total. The highest BCUT2D eigenvalue weighted by Gasteiger charge is 2.31. The summed E-state index contributed by atoms with van der Waals surface area (Å²) in [5, 5.41) is 10.7. The van der Waals surface area contributed by atoms with Gasteiger partial charge in [-0.3, -0.25) is 37.3 Å². The number of aliphatic hydroxyl groups is 1. The van der Waals surface area contributed by atoms with Gasteiger partial charge in [0.15, 0.2) is 12.2 Å². The summed E-state index contributed by atoms with van der Waals surface area (Å²) >= 11 is 0. The van der Waals surface area contributed by atoms with E-state index in [9.17, 15) is 43.2 Å². The average molecular weight is 1590 g/mol. The van der Waals surface area contributed by atoms with Gasteiger partial charge in [0, 0.05) is 25.7 Å². The molecule has 0 aromatic rings. The van der Waals surface area contributed by atoms with Crippen LogP contribution < -0.4 is 0 Å². The lowest BCUT2D eigenvalue weighted by Gasteiger charge is -2.21. The molecule has 0 aliphatic rings. The van der Waals surface area contributed by atoms with Gasteiger partial charge in [-0.15, -0.1) is 0 Å². The molecule has 0 aliphatic heterocycles. The van der Waals surface area contributed by atoms with Gasteiger partial charge in [0.1, 0.15) is 19.3 Å². The van der Waals surface area contributed by atoms with Crippen molar-refractivity contribution in [3.63, 3.8) is 0 Å². The van der Waals surface area contributed by atoms with Crippen LogP contribution in [0, 0.1) is 17.8 Å². The maximum Gasteiger partial charge on any atom is 0.472 e.